The number of nitrogens with one attached hydrogen (secondary N) is 2. The highest BCUT2D eigenvalue weighted by atomic mass is 35.5. The fourth-order valence-electron chi connectivity index (χ4n) is 2.59. The lowest BCUT2D eigenvalue weighted by molar-refractivity contribution is 0.502. The van der Waals surface area contributed by atoms with Gasteiger partial charge < -0.3 is 10.6 Å². The summed E-state index contributed by atoms with van der Waals surface area (Å²) in [6.07, 6.45) is 3.42. The third-order valence-corrected chi connectivity index (χ3v) is 5.57. The molecule has 0 fully saturated rings. The van der Waals surface area contributed by atoms with Gasteiger partial charge in [-0.25, -0.2) is 4.98 Å². The van der Waals surface area contributed by atoms with Crippen LogP contribution in [0.5, 0.6) is 0 Å². The molecule has 0 amide bonds. The van der Waals surface area contributed by atoms with Crippen LogP contribution in [0.2, 0.25) is 5.02 Å². The van der Waals surface area contributed by atoms with Gasteiger partial charge in [-0.1, -0.05) is 24.6 Å². The largest absolute Gasteiger partial charge is 0.332 e. The second-order valence-electron chi connectivity index (χ2n) is 5.73. The summed E-state index contributed by atoms with van der Waals surface area (Å²) in [6.45, 7) is 4.26. The van der Waals surface area contributed by atoms with Gasteiger partial charge >= 0.3 is 0 Å². The van der Waals surface area contributed by atoms with Crippen LogP contribution in [-0.2, 0) is 12.8 Å². The SMILES string of the molecule is Cc1c(Cl)cccc1NC(=S)Nc1nc2c(s1)CC(C)CC2. The average Bonchev–Trinajstić information content (AvgIpc) is 2.85. The number of nitrogens with zero attached hydrogens (tertiary/aromatic N) is 1. The molecule has 1 atom stereocenters. The summed E-state index contributed by atoms with van der Waals surface area (Å²) in [5.74, 6) is 0.750. The zero-order valence-electron chi connectivity index (χ0n) is 12.6. The Morgan fingerprint density at radius 2 is 2.23 bits per heavy atom. The molecule has 0 aliphatic heterocycles. The van der Waals surface area contributed by atoms with Crippen molar-refractivity contribution < 1.29 is 0 Å². The van der Waals surface area contributed by atoms with Gasteiger partial charge in [0.15, 0.2) is 10.2 Å². The summed E-state index contributed by atoms with van der Waals surface area (Å²) in [6, 6.07) is 5.74. The first-order chi connectivity index (χ1) is 10.5. The number of aryl methyl sites for hydroxylation is 1. The van der Waals surface area contributed by atoms with E-state index in [2.05, 4.69) is 22.5 Å². The molecule has 1 aliphatic carbocycles. The summed E-state index contributed by atoms with van der Waals surface area (Å²) in [4.78, 5) is 6.05. The Morgan fingerprint density at radius 3 is 3.05 bits per heavy atom. The Balaban J connectivity index is 1.68. The number of benzene rings is 1. The number of thiazole rings is 1. The van der Waals surface area contributed by atoms with E-state index in [4.69, 9.17) is 23.8 Å². The zero-order valence-corrected chi connectivity index (χ0v) is 15.0. The molecule has 3 nitrogen and oxygen atoms in total. The van der Waals surface area contributed by atoms with Crippen molar-refractivity contribution in [2.75, 3.05) is 10.6 Å². The van der Waals surface area contributed by atoms with E-state index in [-0.39, 0.29) is 0 Å². The second-order valence-corrected chi connectivity index (χ2v) is 7.63. The molecule has 1 heterocycles. The van der Waals surface area contributed by atoms with E-state index in [1.165, 1.54) is 17.0 Å². The summed E-state index contributed by atoms with van der Waals surface area (Å²) >= 11 is 13.2. The minimum Gasteiger partial charge on any atom is -0.332 e. The quantitative estimate of drug-likeness (QED) is 0.743. The maximum atomic E-state index is 6.13. The summed E-state index contributed by atoms with van der Waals surface area (Å²) in [5.41, 5.74) is 3.13. The lowest BCUT2D eigenvalue weighted by Crippen LogP contribution is -2.19. The predicted molar refractivity (Wildman–Crippen MR) is 99.3 cm³/mol. The van der Waals surface area contributed by atoms with Crippen LogP contribution in [0.25, 0.3) is 0 Å². The Labute approximate surface area is 145 Å². The van der Waals surface area contributed by atoms with Gasteiger partial charge in [0, 0.05) is 15.6 Å². The van der Waals surface area contributed by atoms with Crippen molar-refractivity contribution >= 4 is 51.1 Å². The molecule has 0 saturated heterocycles. The molecule has 1 aromatic carbocycles. The molecule has 3 rings (SSSR count). The van der Waals surface area contributed by atoms with Crippen LogP contribution in [0.3, 0.4) is 0 Å². The molecule has 2 aromatic rings. The monoisotopic (exact) mass is 351 g/mol. The van der Waals surface area contributed by atoms with Gasteiger partial charge in [-0.2, -0.15) is 0 Å². The fourth-order valence-corrected chi connectivity index (χ4v) is 4.21. The summed E-state index contributed by atoms with van der Waals surface area (Å²) < 4.78 is 0. The maximum Gasteiger partial charge on any atom is 0.189 e. The summed E-state index contributed by atoms with van der Waals surface area (Å²) in [5, 5.41) is 8.53. The molecule has 1 unspecified atom stereocenters. The third kappa shape index (κ3) is 3.42. The van der Waals surface area contributed by atoms with E-state index in [1.807, 2.05) is 25.1 Å². The van der Waals surface area contributed by atoms with E-state index in [0.29, 0.717) is 5.11 Å². The number of fused-ring (bicyclic) bond motifs is 1. The highest BCUT2D eigenvalue weighted by Crippen LogP contribution is 2.32. The van der Waals surface area contributed by atoms with E-state index < -0.39 is 0 Å². The molecule has 0 spiro atoms. The molecule has 0 bridgehead atoms. The van der Waals surface area contributed by atoms with Crippen molar-refractivity contribution in [3.05, 3.63) is 39.4 Å². The first kappa shape index (κ1) is 15.7. The highest BCUT2D eigenvalue weighted by molar-refractivity contribution is 7.80. The molecule has 1 aromatic heterocycles. The lowest BCUT2D eigenvalue weighted by atomic mass is 9.93. The van der Waals surface area contributed by atoms with Crippen LogP contribution in [0, 0.1) is 12.8 Å². The van der Waals surface area contributed by atoms with E-state index in [9.17, 15) is 0 Å². The minimum atomic E-state index is 0.546. The molecule has 0 saturated carbocycles. The van der Waals surface area contributed by atoms with Crippen LogP contribution >= 0.6 is 35.2 Å². The number of hydrogen-bond donors (Lipinski definition) is 2. The van der Waals surface area contributed by atoms with Crippen molar-refractivity contribution in [2.24, 2.45) is 5.92 Å². The van der Waals surface area contributed by atoms with E-state index in [0.717, 1.165) is 40.2 Å². The van der Waals surface area contributed by atoms with Crippen molar-refractivity contribution in [3.8, 4) is 0 Å². The second kappa shape index (κ2) is 6.52. The van der Waals surface area contributed by atoms with Crippen LogP contribution in [0.4, 0.5) is 10.8 Å². The normalized spacial score (nSPS) is 17.0. The van der Waals surface area contributed by atoms with Crippen molar-refractivity contribution in [2.45, 2.75) is 33.1 Å². The van der Waals surface area contributed by atoms with Crippen molar-refractivity contribution in [3.63, 3.8) is 0 Å². The molecular formula is C16H18ClN3S2. The molecule has 2 N–H and O–H groups in total. The third-order valence-electron chi connectivity index (χ3n) is 3.92. The zero-order chi connectivity index (χ0) is 15.7. The lowest BCUT2D eigenvalue weighted by Gasteiger charge is -2.15. The van der Waals surface area contributed by atoms with Crippen LogP contribution in [-0.4, -0.2) is 10.1 Å². The highest BCUT2D eigenvalue weighted by Gasteiger charge is 2.20. The predicted octanol–water partition coefficient (Wildman–Crippen LogP) is 5.04. The molecular weight excluding hydrogens is 334 g/mol. The number of anilines is 2. The first-order valence-electron chi connectivity index (χ1n) is 7.34. The molecule has 6 heteroatoms. The van der Waals surface area contributed by atoms with Crippen LogP contribution in [0.15, 0.2) is 18.2 Å². The molecule has 1 aliphatic rings. The smallest absolute Gasteiger partial charge is 0.189 e. The number of rotatable bonds is 2. The topological polar surface area (TPSA) is 37.0 Å². The minimum absolute atomic E-state index is 0.546. The van der Waals surface area contributed by atoms with Gasteiger partial charge in [0.2, 0.25) is 0 Å². The van der Waals surface area contributed by atoms with Crippen LogP contribution < -0.4 is 10.6 Å². The van der Waals surface area contributed by atoms with Crippen molar-refractivity contribution in [1.29, 1.82) is 0 Å². The average molecular weight is 352 g/mol. The summed E-state index contributed by atoms with van der Waals surface area (Å²) in [7, 11) is 0. The van der Waals surface area contributed by atoms with Gasteiger partial charge in [-0.05, 0) is 62.0 Å². The number of halogens is 1. The van der Waals surface area contributed by atoms with Gasteiger partial charge in [0.05, 0.1) is 5.69 Å². The Bertz CT molecular complexity index is 711. The first-order valence-corrected chi connectivity index (χ1v) is 8.95. The fraction of sp³-hybridized carbons (Fsp3) is 0.375. The van der Waals surface area contributed by atoms with Gasteiger partial charge in [-0.15, -0.1) is 11.3 Å². The molecule has 116 valence electrons. The van der Waals surface area contributed by atoms with Gasteiger partial charge in [0.25, 0.3) is 0 Å². The van der Waals surface area contributed by atoms with Crippen LogP contribution in [0.1, 0.15) is 29.5 Å². The Kier molecular flexibility index (Phi) is 4.66. The van der Waals surface area contributed by atoms with E-state index in [1.54, 1.807) is 11.3 Å². The number of aromatic nitrogens is 1. The van der Waals surface area contributed by atoms with Gasteiger partial charge in [0.1, 0.15) is 0 Å². The Hall–Kier alpha value is -1.17. The van der Waals surface area contributed by atoms with E-state index >= 15 is 0 Å². The standard InChI is InChI=1S/C16H18ClN3S2/c1-9-6-7-13-14(8-9)22-16(19-13)20-15(21)18-12-5-3-4-11(17)10(12)2/h3-5,9H,6-8H2,1-2H3,(H2,18,19,20,21). The number of thiocarbonyl (C=S) groups is 1. The molecule has 0 radical (unpaired) electrons. The maximum absolute atomic E-state index is 6.13. The van der Waals surface area contributed by atoms with Gasteiger partial charge in [-0.3, -0.25) is 0 Å². The Morgan fingerprint density at radius 1 is 1.41 bits per heavy atom. The van der Waals surface area contributed by atoms with Crippen molar-refractivity contribution in [1.82, 2.24) is 4.98 Å². The number of hydrogen-bond acceptors (Lipinski definition) is 3. The molecule has 22 heavy (non-hydrogen) atoms.